The van der Waals surface area contributed by atoms with Gasteiger partial charge in [0.1, 0.15) is 11.5 Å². The van der Waals surface area contributed by atoms with Gasteiger partial charge in [-0.1, -0.05) is 17.8 Å². The minimum Gasteiger partial charge on any atom is -0.495 e. The van der Waals surface area contributed by atoms with Crippen molar-refractivity contribution in [1.82, 2.24) is 14.8 Å². The van der Waals surface area contributed by atoms with Crippen LogP contribution in [-0.4, -0.2) is 46.6 Å². The molecule has 0 saturated carbocycles. The molecule has 158 valence electrons. The summed E-state index contributed by atoms with van der Waals surface area (Å²) in [6.45, 7) is 4.44. The number of furan rings is 1. The van der Waals surface area contributed by atoms with Gasteiger partial charge in [-0.2, -0.15) is 0 Å². The molecule has 1 fully saturated rings. The SMILES string of the molecule is COc1ccc(C)cc1NC(=O)CSc1nnc(N2CCCC2)n1Cc1ccco1. The van der Waals surface area contributed by atoms with Crippen molar-refractivity contribution in [2.24, 2.45) is 0 Å². The van der Waals surface area contributed by atoms with Gasteiger partial charge in [-0.25, -0.2) is 0 Å². The maximum atomic E-state index is 12.6. The summed E-state index contributed by atoms with van der Waals surface area (Å²) in [6, 6.07) is 9.48. The van der Waals surface area contributed by atoms with Crippen molar-refractivity contribution in [3.8, 4) is 5.75 Å². The van der Waals surface area contributed by atoms with Crippen molar-refractivity contribution < 1.29 is 13.9 Å². The number of ether oxygens (including phenoxy) is 1. The van der Waals surface area contributed by atoms with Gasteiger partial charge in [0.2, 0.25) is 11.9 Å². The van der Waals surface area contributed by atoms with Gasteiger partial charge < -0.3 is 19.4 Å². The number of hydrogen-bond donors (Lipinski definition) is 1. The molecule has 1 N–H and O–H groups in total. The molecule has 3 aromatic rings. The van der Waals surface area contributed by atoms with Crippen LogP contribution in [0.1, 0.15) is 24.2 Å². The predicted molar refractivity (Wildman–Crippen MR) is 116 cm³/mol. The van der Waals surface area contributed by atoms with Crippen LogP contribution >= 0.6 is 11.8 Å². The fourth-order valence-electron chi connectivity index (χ4n) is 3.47. The number of methoxy groups -OCH3 is 1. The quantitative estimate of drug-likeness (QED) is 0.550. The number of anilines is 2. The summed E-state index contributed by atoms with van der Waals surface area (Å²) >= 11 is 1.36. The predicted octanol–water partition coefficient (Wildman–Crippen LogP) is 3.57. The van der Waals surface area contributed by atoms with E-state index in [0.717, 1.165) is 43.2 Å². The van der Waals surface area contributed by atoms with Crippen LogP contribution in [0.25, 0.3) is 0 Å². The number of rotatable bonds is 8. The van der Waals surface area contributed by atoms with Gasteiger partial charge in [0.05, 0.1) is 31.4 Å². The molecule has 2 aromatic heterocycles. The lowest BCUT2D eigenvalue weighted by atomic mass is 10.2. The Morgan fingerprint density at radius 2 is 2.10 bits per heavy atom. The lowest BCUT2D eigenvalue weighted by molar-refractivity contribution is -0.113. The van der Waals surface area contributed by atoms with E-state index >= 15 is 0 Å². The van der Waals surface area contributed by atoms with E-state index in [4.69, 9.17) is 9.15 Å². The fourth-order valence-corrected chi connectivity index (χ4v) is 4.20. The summed E-state index contributed by atoms with van der Waals surface area (Å²) in [5.41, 5.74) is 1.71. The summed E-state index contributed by atoms with van der Waals surface area (Å²) in [5, 5.41) is 12.4. The lowest BCUT2D eigenvalue weighted by Crippen LogP contribution is -2.23. The number of amides is 1. The average Bonchev–Trinajstić information content (AvgIpc) is 3.49. The van der Waals surface area contributed by atoms with Gasteiger partial charge in [-0.3, -0.25) is 9.36 Å². The largest absolute Gasteiger partial charge is 0.495 e. The highest BCUT2D eigenvalue weighted by Gasteiger charge is 2.22. The van der Waals surface area contributed by atoms with E-state index in [0.29, 0.717) is 23.1 Å². The van der Waals surface area contributed by atoms with Gasteiger partial charge in [0, 0.05) is 13.1 Å². The molecule has 1 saturated heterocycles. The zero-order chi connectivity index (χ0) is 20.9. The van der Waals surface area contributed by atoms with Gasteiger partial charge in [-0.15, -0.1) is 10.2 Å². The molecular weight excluding hydrogens is 402 g/mol. The molecule has 0 atom stereocenters. The number of nitrogens with one attached hydrogen (secondary N) is 1. The average molecular weight is 428 g/mol. The van der Waals surface area contributed by atoms with Crippen molar-refractivity contribution in [1.29, 1.82) is 0 Å². The molecule has 0 aliphatic carbocycles. The second-order valence-electron chi connectivity index (χ2n) is 7.18. The Morgan fingerprint density at radius 1 is 1.27 bits per heavy atom. The molecule has 0 unspecified atom stereocenters. The number of aryl methyl sites for hydroxylation is 1. The minimum atomic E-state index is -0.126. The Balaban J connectivity index is 1.47. The Morgan fingerprint density at radius 3 is 2.83 bits per heavy atom. The Kier molecular flexibility index (Phi) is 6.27. The van der Waals surface area contributed by atoms with Crippen molar-refractivity contribution in [2.45, 2.75) is 31.5 Å². The third-order valence-corrected chi connectivity index (χ3v) is 5.91. The normalized spacial score (nSPS) is 13.6. The monoisotopic (exact) mass is 427 g/mol. The van der Waals surface area contributed by atoms with E-state index in [1.54, 1.807) is 13.4 Å². The first kappa shape index (κ1) is 20.3. The number of thioether (sulfide) groups is 1. The summed E-state index contributed by atoms with van der Waals surface area (Å²) in [7, 11) is 1.59. The van der Waals surface area contributed by atoms with Crippen LogP contribution in [0.2, 0.25) is 0 Å². The maximum absolute atomic E-state index is 12.6. The molecule has 1 aliphatic rings. The molecule has 0 spiro atoms. The lowest BCUT2D eigenvalue weighted by Gasteiger charge is -2.17. The first-order valence-corrected chi connectivity index (χ1v) is 10.9. The smallest absolute Gasteiger partial charge is 0.234 e. The highest BCUT2D eigenvalue weighted by atomic mass is 32.2. The Hall–Kier alpha value is -2.94. The number of hydrogen-bond acceptors (Lipinski definition) is 7. The molecule has 8 nitrogen and oxygen atoms in total. The molecule has 1 aliphatic heterocycles. The molecule has 3 heterocycles. The second kappa shape index (κ2) is 9.25. The van der Waals surface area contributed by atoms with Gasteiger partial charge in [-0.05, 0) is 49.6 Å². The van der Waals surface area contributed by atoms with E-state index in [1.807, 2.05) is 41.8 Å². The number of nitrogens with zero attached hydrogens (tertiary/aromatic N) is 4. The van der Waals surface area contributed by atoms with Gasteiger partial charge in [0.15, 0.2) is 5.16 Å². The van der Waals surface area contributed by atoms with Crippen molar-refractivity contribution in [2.75, 3.05) is 36.2 Å². The first-order chi connectivity index (χ1) is 14.6. The van der Waals surface area contributed by atoms with Gasteiger partial charge >= 0.3 is 0 Å². The minimum absolute atomic E-state index is 0.126. The standard InChI is InChI=1S/C21H25N5O3S/c1-15-7-8-18(28-2)17(12-15)22-19(27)14-30-21-24-23-20(25-9-3-4-10-25)26(21)13-16-6-5-11-29-16/h5-8,11-12H,3-4,9-10,13-14H2,1-2H3,(H,22,27). The van der Waals surface area contributed by atoms with Crippen LogP contribution in [-0.2, 0) is 11.3 Å². The maximum Gasteiger partial charge on any atom is 0.234 e. The van der Waals surface area contributed by atoms with Crippen LogP contribution in [0.5, 0.6) is 5.75 Å². The van der Waals surface area contributed by atoms with Crippen molar-refractivity contribution >= 4 is 29.3 Å². The number of carbonyl (C=O) groups is 1. The molecule has 1 amide bonds. The molecule has 0 bridgehead atoms. The highest BCUT2D eigenvalue weighted by Crippen LogP contribution is 2.28. The summed E-state index contributed by atoms with van der Waals surface area (Å²) in [4.78, 5) is 14.8. The number of carbonyl (C=O) groups excluding carboxylic acids is 1. The zero-order valence-electron chi connectivity index (χ0n) is 17.1. The third-order valence-electron chi connectivity index (χ3n) is 4.94. The Labute approximate surface area is 179 Å². The number of benzene rings is 1. The second-order valence-corrected chi connectivity index (χ2v) is 8.13. The van der Waals surface area contributed by atoms with E-state index < -0.39 is 0 Å². The van der Waals surface area contributed by atoms with Crippen molar-refractivity contribution in [3.05, 3.63) is 47.9 Å². The summed E-state index contributed by atoms with van der Waals surface area (Å²) < 4.78 is 12.9. The van der Waals surface area contributed by atoms with E-state index in [-0.39, 0.29) is 11.7 Å². The Bertz CT molecular complexity index is 996. The molecule has 30 heavy (non-hydrogen) atoms. The molecule has 9 heteroatoms. The molecule has 1 aromatic carbocycles. The van der Waals surface area contributed by atoms with E-state index in [2.05, 4.69) is 20.4 Å². The molecule has 0 radical (unpaired) electrons. The van der Waals surface area contributed by atoms with Crippen LogP contribution in [0.4, 0.5) is 11.6 Å². The topological polar surface area (TPSA) is 85.4 Å². The van der Waals surface area contributed by atoms with Gasteiger partial charge in [0.25, 0.3) is 0 Å². The van der Waals surface area contributed by atoms with Crippen LogP contribution in [0.15, 0.2) is 46.2 Å². The van der Waals surface area contributed by atoms with Crippen molar-refractivity contribution in [3.63, 3.8) is 0 Å². The zero-order valence-corrected chi connectivity index (χ0v) is 17.9. The first-order valence-electron chi connectivity index (χ1n) is 9.92. The number of aromatic nitrogens is 3. The van der Waals surface area contributed by atoms with Crippen LogP contribution in [0.3, 0.4) is 0 Å². The highest BCUT2D eigenvalue weighted by molar-refractivity contribution is 7.99. The summed E-state index contributed by atoms with van der Waals surface area (Å²) in [6.07, 6.45) is 3.96. The van der Waals surface area contributed by atoms with Crippen LogP contribution in [0, 0.1) is 6.92 Å². The molecule has 4 rings (SSSR count). The van der Waals surface area contributed by atoms with E-state index in [1.165, 1.54) is 11.8 Å². The summed E-state index contributed by atoms with van der Waals surface area (Å²) in [5.74, 6) is 2.38. The van der Waals surface area contributed by atoms with E-state index in [9.17, 15) is 4.79 Å². The fraction of sp³-hybridized carbons (Fsp3) is 0.381. The molecular formula is C21H25N5O3S. The third kappa shape index (κ3) is 4.62. The van der Waals surface area contributed by atoms with Crippen LogP contribution < -0.4 is 15.0 Å².